The van der Waals surface area contributed by atoms with E-state index in [9.17, 15) is 17.6 Å². The summed E-state index contributed by atoms with van der Waals surface area (Å²) in [6.45, 7) is 4.98. The van der Waals surface area contributed by atoms with Gasteiger partial charge in [0.05, 0.1) is 29.7 Å². The van der Waals surface area contributed by atoms with Gasteiger partial charge in [-0.2, -0.15) is 0 Å². The minimum absolute atomic E-state index is 0.0162. The highest BCUT2D eigenvalue weighted by molar-refractivity contribution is 7.91. The number of hydrogen-bond donors (Lipinski definition) is 2. The Morgan fingerprint density at radius 3 is 2.29 bits per heavy atom. The summed E-state index contributed by atoms with van der Waals surface area (Å²) >= 11 is 0. The Morgan fingerprint density at radius 1 is 1.15 bits per heavy atom. The van der Waals surface area contributed by atoms with Gasteiger partial charge < -0.3 is 20.5 Å². The van der Waals surface area contributed by atoms with E-state index in [0.29, 0.717) is 30.8 Å². The van der Waals surface area contributed by atoms with Gasteiger partial charge in [0.1, 0.15) is 12.4 Å². The summed E-state index contributed by atoms with van der Waals surface area (Å²) in [5, 5.41) is 3.02. The average molecular weight is 497 g/mol. The van der Waals surface area contributed by atoms with Gasteiger partial charge in [-0.15, -0.1) is 0 Å². The number of carbonyl (C=O) groups excluding carboxylic acids is 1. The Kier molecular flexibility index (Phi) is 8.76. The van der Waals surface area contributed by atoms with Crippen LogP contribution in [0.15, 0.2) is 41.1 Å². The van der Waals surface area contributed by atoms with Crippen LogP contribution in [0.4, 0.5) is 4.39 Å². The van der Waals surface area contributed by atoms with E-state index in [4.69, 9.17) is 15.2 Å². The Morgan fingerprint density at radius 2 is 1.76 bits per heavy atom. The number of hydrogen-bond acceptors (Lipinski definition) is 6. The molecule has 0 spiro atoms. The van der Waals surface area contributed by atoms with Crippen molar-refractivity contribution in [1.29, 1.82) is 0 Å². The minimum Gasteiger partial charge on any atom is -0.489 e. The van der Waals surface area contributed by atoms with E-state index in [1.165, 1.54) is 12.1 Å². The molecule has 34 heavy (non-hydrogen) atoms. The molecule has 0 saturated heterocycles. The molecule has 3 saturated carbocycles. The van der Waals surface area contributed by atoms with Crippen LogP contribution < -0.4 is 15.8 Å². The number of nitrogens with one attached hydrogen (secondary N) is 1. The number of halogens is 1. The van der Waals surface area contributed by atoms with Gasteiger partial charge in [-0.05, 0) is 82.1 Å². The molecule has 3 aliphatic rings. The van der Waals surface area contributed by atoms with E-state index < -0.39 is 9.84 Å². The van der Waals surface area contributed by atoms with Crippen molar-refractivity contribution in [2.24, 2.45) is 16.6 Å². The van der Waals surface area contributed by atoms with Crippen molar-refractivity contribution in [1.82, 2.24) is 5.32 Å². The van der Waals surface area contributed by atoms with Crippen LogP contribution in [0.2, 0.25) is 0 Å². The van der Waals surface area contributed by atoms with Crippen molar-refractivity contribution in [3.63, 3.8) is 0 Å². The number of amides is 1. The molecule has 1 aromatic rings. The predicted molar refractivity (Wildman–Crippen MR) is 129 cm³/mol. The second kappa shape index (κ2) is 11.2. The molecule has 0 aliphatic heterocycles. The molecule has 0 aromatic heterocycles. The van der Waals surface area contributed by atoms with Crippen molar-refractivity contribution in [3.05, 3.63) is 36.2 Å². The number of carbonyl (C=O) groups is 1. The third kappa shape index (κ3) is 6.37. The molecule has 190 valence electrons. The second-order valence-electron chi connectivity index (χ2n) is 9.95. The maximum atomic E-state index is 13.2. The summed E-state index contributed by atoms with van der Waals surface area (Å²) in [4.78, 5) is 13.1. The van der Waals surface area contributed by atoms with Crippen LogP contribution in [0.25, 0.3) is 0 Å². The van der Waals surface area contributed by atoms with Crippen LogP contribution in [-0.4, -0.2) is 52.5 Å². The monoisotopic (exact) mass is 496 g/mol. The summed E-state index contributed by atoms with van der Waals surface area (Å²) < 4.78 is 49.9. The fourth-order valence-electron chi connectivity index (χ4n) is 5.01. The fraction of sp³-hybridized carbons (Fsp3) is 0.640. The van der Waals surface area contributed by atoms with E-state index in [0.717, 1.165) is 38.5 Å². The highest BCUT2D eigenvalue weighted by Crippen LogP contribution is 2.57. The third-order valence-electron chi connectivity index (χ3n) is 7.24. The van der Waals surface area contributed by atoms with Crippen molar-refractivity contribution in [2.75, 3.05) is 32.1 Å². The molecule has 0 atom stereocenters. The zero-order chi connectivity index (χ0) is 24.8. The zero-order valence-electron chi connectivity index (χ0n) is 20.1. The van der Waals surface area contributed by atoms with E-state index in [-0.39, 0.29) is 46.6 Å². The average Bonchev–Trinajstić information content (AvgIpc) is 2.83. The Bertz CT molecular complexity index is 951. The molecule has 3 fully saturated rings. The molecular formula is C25H37FN2O5S. The summed E-state index contributed by atoms with van der Waals surface area (Å²) in [5.74, 6) is 0.615. The number of nitrogens with two attached hydrogens (primary N) is 1. The number of fused-ring (bicyclic) bond motifs is 3. The molecule has 0 radical (unpaired) electrons. The maximum Gasteiger partial charge on any atom is 0.226 e. The Balaban J connectivity index is 1.56. The quantitative estimate of drug-likeness (QED) is 0.429. The first-order chi connectivity index (χ1) is 16.1. The van der Waals surface area contributed by atoms with Gasteiger partial charge in [-0.25, -0.2) is 12.8 Å². The van der Waals surface area contributed by atoms with E-state index in [2.05, 4.69) is 5.32 Å². The molecule has 1 amide bonds. The molecule has 3 aliphatic carbocycles. The highest BCUT2D eigenvalue weighted by Gasteiger charge is 2.53. The lowest BCUT2D eigenvalue weighted by Crippen LogP contribution is -2.52. The van der Waals surface area contributed by atoms with Crippen molar-refractivity contribution < 1.29 is 27.1 Å². The molecule has 4 rings (SSSR count). The maximum absolute atomic E-state index is 13.2. The standard InChI is InChI=1S/C25H37FN2O5S/c1-19(2)32-14-13-28-23(29)25-10-7-24(8-11-25,9-12-25)18-34(30,31)22-5-3-21(4-6-22)33-17-20(15-26)16-27/h3-6,15,19H,7-14,16-18,27H2,1-2H3,(H,28,29)/b20-15+. The molecule has 2 bridgehead atoms. The summed E-state index contributed by atoms with van der Waals surface area (Å²) in [5.41, 5.74) is 5.08. The van der Waals surface area contributed by atoms with Gasteiger partial charge in [-0.3, -0.25) is 4.79 Å². The Labute approximate surface area is 202 Å². The SMILES string of the molecule is CC(C)OCCNC(=O)C12CCC(CS(=O)(=O)c3ccc(OC/C(=C/F)CN)cc3)(CC1)CC2. The first kappa shape index (κ1) is 26.6. The van der Waals surface area contributed by atoms with Crippen LogP contribution in [0.1, 0.15) is 52.4 Å². The van der Waals surface area contributed by atoms with Gasteiger partial charge in [0.25, 0.3) is 0 Å². The predicted octanol–water partition coefficient (Wildman–Crippen LogP) is 3.53. The van der Waals surface area contributed by atoms with Crippen LogP contribution in [-0.2, 0) is 19.4 Å². The summed E-state index contributed by atoms with van der Waals surface area (Å²) in [7, 11) is -3.49. The molecule has 3 N–H and O–H groups in total. The van der Waals surface area contributed by atoms with Gasteiger partial charge >= 0.3 is 0 Å². The van der Waals surface area contributed by atoms with Crippen LogP contribution >= 0.6 is 0 Å². The molecule has 7 nitrogen and oxygen atoms in total. The van der Waals surface area contributed by atoms with Crippen LogP contribution in [0.5, 0.6) is 5.75 Å². The van der Waals surface area contributed by atoms with Gasteiger partial charge in [-0.1, -0.05) is 0 Å². The summed E-state index contributed by atoms with van der Waals surface area (Å²) in [6, 6.07) is 6.23. The van der Waals surface area contributed by atoms with Crippen molar-refractivity contribution >= 4 is 15.7 Å². The van der Waals surface area contributed by atoms with Gasteiger partial charge in [0.2, 0.25) is 5.91 Å². The molecule has 0 unspecified atom stereocenters. The van der Waals surface area contributed by atoms with Gasteiger partial charge in [0.15, 0.2) is 9.84 Å². The minimum atomic E-state index is -3.49. The number of rotatable bonds is 12. The Hall–Kier alpha value is -1.97. The lowest BCUT2D eigenvalue weighted by molar-refractivity contribution is -0.140. The third-order valence-corrected chi connectivity index (χ3v) is 9.22. The fourth-order valence-corrected chi connectivity index (χ4v) is 6.96. The summed E-state index contributed by atoms with van der Waals surface area (Å²) in [6.07, 6.45) is 4.93. The number of benzene rings is 1. The molecule has 0 heterocycles. The smallest absolute Gasteiger partial charge is 0.226 e. The molecule has 9 heteroatoms. The topological polar surface area (TPSA) is 108 Å². The van der Waals surface area contributed by atoms with Crippen LogP contribution in [0.3, 0.4) is 0 Å². The zero-order valence-corrected chi connectivity index (χ0v) is 21.0. The molecular weight excluding hydrogens is 459 g/mol. The largest absolute Gasteiger partial charge is 0.489 e. The first-order valence-electron chi connectivity index (χ1n) is 12.0. The van der Waals surface area contributed by atoms with Crippen molar-refractivity contribution in [2.45, 2.75) is 63.4 Å². The van der Waals surface area contributed by atoms with E-state index in [1.54, 1.807) is 12.1 Å². The van der Waals surface area contributed by atoms with Gasteiger partial charge in [0, 0.05) is 24.1 Å². The second-order valence-corrected chi connectivity index (χ2v) is 11.9. The highest BCUT2D eigenvalue weighted by atomic mass is 32.2. The normalized spacial score (nSPS) is 24.9. The number of ether oxygens (including phenoxy) is 2. The van der Waals surface area contributed by atoms with E-state index >= 15 is 0 Å². The molecule has 1 aromatic carbocycles. The first-order valence-corrected chi connectivity index (χ1v) is 13.6. The lowest BCUT2D eigenvalue weighted by Gasteiger charge is -2.52. The van der Waals surface area contributed by atoms with E-state index in [1.807, 2.05) is 13.8 Å². The number of sulfone groups is 1. The lowest BCUT2D eigenvalue weighted by atomic mass is 9.54. The van der Waals surface area contributed by atoms with Crippen LogP contribution in [0, 0.1) is 10.8 Å². The van der Waals surface area contributed by atoms with Crippen molar-refractivity contribution in [3.8, 4) is 5.75 Å².